The molecule has 3 aliphatic heterocycles. The van der Waals surface area contributed by atoms with Crippen LogP contribution in [0.1, 0.15) is 27.7 Å². The fourth-order valence-electron chi connectivity index (χ4n) is 2.38. The summed E-state index contributed by atoms with van der Waals surface area (Å²) in [4.78, 5) is 0. The highest BCUT2D eigenvalue weighted by Crippen LogP contribution is 2.41. The lowest BCUT2D eigenvalue weighted by Crippen LogP contribution is -2.36. The average Bonchev–Trinajstić information content (AvgIpc) is 2.81. The molecule has 0 saturated carbocycles. The topological polar surface area (TPSA) is 66.4 Å². The third kappa shape index (κ3) is 1.89. The van der Waals surface area contributed by atoms with Crippen LogP contribution in [0.25, 0.3) is 0 Å². The Morgan fingerprint density at radius 2 is 1.83 bits per heavy atom. The summed E-state index contributed by atoms with van der Waals surface area (Å²) in [7, 11) is 0. The Labute approximate surface area is 105 Å². The highest BCUT2D eigenvalue weighted by atomic mass is 16.8. The quantitative estimate of drug-likeness (QED) is 0.752. The number of ether oxygens (including phenoxy) is 5. The van der Waals surface area contributed by atoms with E-state index in [1.807, 2.05) is 0 Å². The SMILES string of the molecule is CC1(C)OC=C([C@H]2O[C@@H]3OC(C)(C)O[C@@H]3C2O)O1. The van der Waals surface area contributed by atoms with Gasteiger partial charge in [0.25, 0.3) is 0 Å². The van der Waals surface area contributed by atoms with E-state index in [0.29, 0.717) is 5.76 Å². The summed E-state index contributed by atoms with van der Waals surface area (Å²) in [5.74, 6) is -0.995. The van der Waals surface area contributed by atoms with E-state index < -0.39 is 36.2 Å². The molecule has 1 unspecified atom stereocenters. The van der Waals surface area contributed by atoms with Crippen molar-refractivity contribution in [2.75, 3.05) is 0 Å². The average molecular weight is 258 g/mol. The van der Waals surface area contributed by atoms with Gasteiger partial charge in [0, 0.05) is 13.8 Å². The van der Waals surface area contributed by atoms with E-state index in [1.54, 1.807) is 27.7 Å². The minimum absolute atomic E-state index is 0.465. The van der Waals surface area contributed by atoms with Gasteiger partial charge in [-0.05, 0) is 13.8 Å². The van der Waals surface area contributed by atoms with E-state index in [1.165, 1.54) is 6.26 Å². The lowest BCUT2D eigenvalue weighted by Gasteiger charge is -2.24. The van der Waals surface area contributed by atoms with Crippen LogP contribution in [0.3, 0.4) is 0 Å². The maximum atomic E-state index is 10.2. The van der Waals surface area contributed by atoms with E-state index in [0.717, 1.165) is 0 Å². The molecule has 3 aliphatic rings. The monoisotopic (exact) mass is 258 g/mol. The van der Waals surface area contributed by atoms with Gasteiger partial charge in [-0.2, -0.15) is 0 Å². The lowest BCUT2D eigenvalue weighted by atomic mass is 10.1. The largest absolute Gasteiger partial charge is 0.457 e. The van der Waals surface area contributed by atoms with Gasteiger partial charge >= 0.3 is 0 Å². The molecular weight excluding hydrogens is 240 g/mol. The fourth-order valence-corrected chi connectivity index (χ4v) is 2.38. The van der Waals surface area contributed by atoms with Crippen molar-refractivity contribution < 1.29 is 28.8 Å². The van der Waals surface area contributed by atoms with Crippen molar-refractivity contribution in [2.45, 2.75) is 63.9 Å². The normalized spacial score (nSPS) is 44.2. The number of hydrogen-bond donors (Lipinski definition) is 1. The van der Waals surface area contributed by atoms with Crippen molar-refractivity contribution in [2.24, 2.45) is 0 Å². The highest BCUT2D eigenvalue weighted by molar-refractivity contribution is 5.10. The van der Waals surface area contributed by atoms with Gasteiger partial charge < -0.3 is 28.8 Å². The Morgan fingerprint density at radius 1 is 1.11 bits per heavy atom. The van der Waals surface area contributed by atoms with Crippen LogP contribution >= 0.6 is 0 Å². The van der Waals surface area contributed by atoms with Crippen LogP contribution in [-0.4, -0.2) is 41.3 Å². The summed E-state index contributed by atoms with van der Waals surface area (Å²) in [6, 6.07) is 0. The Balaban J connectivity index is 1.72. The van der Waals surface area contributed by atoms with Gasteiger partial charge in [0.05, 0.1) is 0 Å². The Morgan fingerprint density at radius 3 is 2.39 bits per heavy atom. The number of fused-ring (bicyclic) bond motifs is 1. The van der Waals surface area contributed by atoms with Crippen molar-refractivity contribution >= 4 is 0 Å². The molecule has 0 aromatic heterocycles. The van der Waals surface area contributed by atoms with Crippen molar-refractivity contribution in [3.63, 3.8) is 0 Å². The van der Waals surface area contributed by atoms with E-state index in [9.17, 15) is 5.11 Å². The van der Waals surface area contributed by atoms with Crippen LogP contribution in [0, 0.1) is 0 Å². The van der Waals surface area contributed by atoms with Crippen LogP contribution in [0.5, 0.6) is 0 Å². The zero-order valence-electron chi connectivity index (χ0n) is 10.9. The molecule has 0 aromatic rings. The van der Waals surface area contributed by atoms with Crippen molar-refractivity contribution in [1.82, 2.24) is 0 Å². The van der Waals surface area contributed by atoms with Crippen LogP contribution < -0.4 is 0 Å². The molecule has 0 radical (unpaired) electrons. The molecule has 0 aromatic carbocycles. The first kappa shape index (κ1) is 12.2. The molecule has 0 bridgehead atoms. The second-order valence-electron chi connectivity index (χ2n) is 5.66. The summed E-state index contributed by atoms with van der Waals surface area (Å²) in [5.41, 5.74) is 0. The zero-order chi connectivity index (χ0) is 13.1. The lowest BCUT2D eigenvalue weighted by molar-refractivity contribution is -0.217. The molecule has 18 heavy (non-hydrogen) atoms. The molecule has 0 amide bonds. The van der Waals surface area contributed by atoms with Gasteiger partial charge in [0.15, 0.2) is 17.8 Å². The third-order valence-corrected chi connectivity index (χ3v) is 3.12. The molecule has 0 aliphatic carbocycles. The zero-order valence-corrected chi connectivity index (χ0v) is 10.9. The summed E-state index contributed by atoms with van der Waals surface area (Å²) in [6.45, 7) is 7.14. The highest BCUT2D eigenvalue weighted by Gasteiger charge is 2.56. The predicted octanol–water partition coefficient (Wildman–Crippen LogP) is 0.848. The summed E-state index contributed by atoms with van der Waals surface area (Å²) in [6.07, 6.45) is -1.05. The number of aliphatic hydroxyl groups is 1. The Kier molecular flexibility index (Phi) is 2.45. The molecule has 2 fully saturated rings. The van der Waals surface area contributed by atoms with Crippen LogP contribution in [0.15, 0.2) is 12.0 Å². The van der Waals surface area contributed by atoms with Gasteiger partial charge in [0.1, 0.15) is 24.6 Å². The van der Waals surface area contributed by atoms with E-state index in [2.05, 4.69) is 0 Å². The standard InChI is InChI=1S/C12H18O6/c1-11(2)14-5-6(16-11)8-7(13)9-10(15-8)18-12(3,4)17-9/h5,7-10,13H,1-4H3/t7?,8-,9-,10-/m1/s1. The van der Waals surface area contributed by atoms with E-state index in [-0.39, 0.29) is 0 Å². The third-order valence-electron chi connectivity index (χ3n) is 3.12. The number of hydrogen-bond acceptors (Lipinski definition) is 6. The summed E-state index contributed by atoms with van der Waals surface area (Å²) in [5, 5.41) is 10.2. The molecule has 6 heteroatoms. The van der Waals surface area contributed by atoms with Crippen LogP contribution in [0.4, 0.5) is 0 Å². The van der Waals surface area contributed by atoms with Crippen molar-refractivity contribution in [3.05, 3.63) is 12.0 Å². The number of aliphatic hydroxyl groups excluding tert-OH is 1. The molecule has 3 rings (SSSR count). The van der Waals surface area contributed by atoms with Gasteiger partial charge in [0.2, 0.25) is 5.79 Å². The second-order valence-corrected chi connectivity index (χ2v) is 5.66. The van der Waals surface area contributed by atoms with Gasteiger partial charge in [-0.3, -0.25) is 0 Å². The summed E-state index contributed by atoms with van der Waals surface area (Å²) >= 11 is 0. The van der Waals surface area contributed by atoms with Crippen LogP contribution in [-0.2, 0) is 23.7 Å². The maximum absolute atomic E-state index is 10.2. The molecule has 1 N–H and O–H groups in total. The molecule has 2 saturated heterocycles. The van der Waals surface area contributed by atoms with Gasteiger partial charge in [-0.15, -0.1) is 0 Å². The maximum Gasteiger partial charge on any atom is 0.244 e. The van der Waals surface area contributed by atoms with E-state index >= 15 is 0 Å². The van der Waals surface area contributed by atoms with Crippen molar-refractivity contribution in [3.8, 4) is 0 Å². The first-order valence-corrected chi connectivity index (χ1v) is 6.03. The molecule has 0 spiro atoms. The molecule has 3 heterocycles. The van der Waals surface area contributed by atoms with Crippen molar-refractivity contribution in [1.29, 1.82) is 0 Å². The first-order chi connectivity index (χ1) is 8.27. The molecular formula is C12H18O6. The van der Waals surface area contributed by atoms with Crippen LogP contribution in [0.2, 0.25) is 0 Å². The van der Waals surface area contributed by atoms with E-state index in [4.69, 9.17) is 23.7 Å². The molecule has 4 atom stereocenters. The smallest absolute Gasteiger partial charge is 0.244 e. The predicted molar refractivity (Wildman–Crippen MR) is 59.0 cm³/mol. The van der Waals surface area contributed by atoms with Gasteiger partial charge in [-0.1, -0.05) is 0 Å². The second kappa shape index (κ2) is 3.60. The first-order valence-electron chi connectivity index (χ1n) is 6.03. The molecule has 6 nitrogen and oxygen atoms in total. The Bertz CT molecular complexity index is 388. The summed E-state index contributed by atoms with van der Waals surface area (Å²) < 4.78 is 27.7. The minimum atomic E-state index is -0.833. The molecule has 102 valence electrons. The fraction of sp³-hybridized carbons (Fsp3) is 0.833. The Hall–Kier alpha value is -0.820. The van der Waals surface area contributed by atoms with Gasteiger partial charge in [-0.25, -0.2) is 0 Å². The number of rotatable bonds is 1. The minimum Gasteiger partial charge on any atom is -0.457 e.